The van der Waals surface area contributed by atoms with Crippen molar-refractivity contribution in [3.63, 3.8) is 0 Å². The minimum atomic E-state index is -0.919. The Labute approximate surface area is 93.0 Å². The Morgan fingerprint density at radius 2 is 1.88 bits per heavy atom. The normalized spacial score (nSPS) is 12.5. The summed E-state index contributed by atoms with van der Waals surface area (Å²) in [6.07, 6.45) is 2.23. The van der Waals surface area contributed by atoms with E-state index < -0.39 is 23.5 Å². The van der Waals surface area contributed by atoms with Gasteiger partial charge in [-0.3, -0.25) is 0 Å². The molecule has 0 spiro atoms. The van der Waals surface area contributed by atoms with Crippen molar-refractivity contribution >= 4 is 0 Å². The molecule has 0 amide bonds. The average Bonchev–Trinajstić information content (AvgIpc) is 2.21. The summed E-state index contributed by atoms with van der Waals surface area (Å²) in [5, 5.41) is 2.92. The molecule has 0 aliphatic rings. The third-order valence-electron chi connectivity index (χ3n) is 2.20. The van der Waals surface area contributed by atoms with Crippen LogP contribution in [0.5, 0.6) is 0 Å². The molecule has 88 valence electrons. The molecule has 1 unspecified atom stereocenters. The van der Waals surface area contributed by atoms with Crippen LogP contribution in [-0.4, -0.2) is 6.54 Å². The Bertz CT molecular complexity index is 354. The van der Waals surface area contributed by atoms with Gasteiger partial charge in [0, 0.05) is 17.7 Å². The molecule has 0 bridgehead atoms. The standard InChI is InChI=1S/C12H14F3N/c1-3-5-16-11(4-2)12-9(14)6-8(13)7-10(12)15/h4,6-7,11,16H,2-3,5H2,1H3. The Morgan fingerprint density at radius 1 is 1.31 bits per heavy atom. The maximum absolute atomic E-state index is 13.4. The molecule has 1 aromatic rings. The summed E-state index contributed by atoms with van der Waals surface area (Å²) in [6.45, 7) is 6.04. The van der Waals surface area contributed by atoms with Crippen molar-refractivity contribution in [3.05, 3.63) is 47.8 Å². The molecule has 1 N–H and O–H groups in total. The third kappa shape index (κ3) is 2.85. The van der Waals surface area contributed by atoms with E-state index in [-0.39, 0.29) is 5.56 Å². The van der Waals surface area contributed by atoms with Crippen LogP contribution in [0.25, 0.3) is 0 Å². The van der Waals surface area contributed by atoms with E-state index in [1.54, 1.807) is 0 Å². The van der Waals surface area contributed by atoms with Crippen LogP contribution < -0.4 is 5.32 Å². The van der Waals surface area contributed by atoms with Gasteiger partial charge in [-0.1, -0.05) is 13.0 Å². The van der Waals surface area contributed by atoms with E-state index in [2.05, 4.69) is 11.9 Å². The van der Waals surface area contributed by atoms with Crippen LogP contribution in [0.15, 0.2) is 24.8 Å². The molecule has 1 atom stereocenters. The molecule has 1 aromatic carbocycles. The molecule has 0 saturated carbocycles. The van der Waals surface area contributed by atoms with Crippen LogP contribution in [-0.2, 0) is 0 Å². The Kier molecular flexibility index (Phi) is 4.55. The number of rotatable bonds is 5. The maximum atomic E-state index is 13.4. The fraction of sp³-hybridized carbons (Fsp3) is 0.333. The monoisotopic (exact) mass is 229 g/mol. The average molecular weight is 229 g/mol. The topological polar surface area (TPSA) is 12.0 Å². The van der Waals surface area contributed by atoms with Crippen molar-refractivity contribution in [3.8, 4) is 0 Å². The van der Waals surface area contributed by atoms with Gasteiger partial charge in [-0.15, -0.1) is 6.58 Å². The summed E-state index contributed by atoms with van der Waals surface area (Å²) in [7, 11) is 0. The van der Waals surface area contributed by atoms with E-state index in [0.717, 1.165) is 6.42 Å². The van der Waals surface area contributed by atoms with Crippen LogP contribution in [0.4, 0.5) is 13.2 Å². The Balaban J connectivity index is 3.04. The van der Waals surface area contributed by atoms with E-state index in [9.17, 15) is 13.2 Å². The van der Waals surface area contributed by atoms with E-state index >= 15 is 0 Å². The molecule has 1 rings (SSSR count). The highest BCUT2D eigenvalue weighted by Gasteiger charge is 2.18. The van der Waals surface area contributed by atoms with Crippen LogP contribution >= 0.6 is 0 Å². The predicted molar refractivity (Wildman–Crippen MR) is 57.5 cm³/mol. The fourth-order valence-corrected chi connectivity index (χ4v) is 1.45. The smallest absolute Gasteiger partial charge is 0.134 e. The summed E-state index contributed by atoms with van der Waals surface area (Å²) in [4.78, 5) is 0. The summed E-state index contributed by atoms with van der Waals surface area (Å²) in [6, 6.07) is 0.700. The zero-order valence-corrected chi connectivity index (χ0v) is 9.06. The molecule has 4 heteroatoms. The molecule has 0 aliphatic carbocycles. The molecular weight excluding hydrogens is 215 g/mol. The number of hydrogen-bond acceptors (Lipinski definition) is 1. The van der Waals surface area contributed by atoms with E-state index in [4.69, 9.17) is 0 Å². The second-order valence-electron chi connectivity index (χ2n) is 3.45. The highest BCUT2D eigenvalue weighted by Crippen LogP contribution is 2.22. The zero-order valence-electron chi connectivity index (χ0n) is 9.06. The first kappa shape index (κ1) is 12.8. The lowest BCUT2D eigenvalue weighted by molar-refractivity contribution is 0.492. The van der Waals surface area contributed by atoms with Crippen LogP contribution in [0.3, 0.4) is 0 Å². The van der Waals surface area contributed by atoms with Gasteiger partial charge in [-0.05, 0) is 13.0 Å². The number of hydrogen-bond donors (Lipinski definition) is 1. The Hall–Kier alpha value is -1.29. The van der Waals surface area contributed by atoms with Crippen molar-refractivity contribution in [2.24, 2.45) is 0 Å². The minimum Gasteiger partial charge on any atom is -0.307 e. The first-order chi connectivity index (χ1) is 7.60. The van der Waals surface area contributed by atoms with Gasteiger partial charge in [-0.25, -0.2) is 13.2 Å². The molecule has 0 aliphatic heterocycles. The largest absolute Gasteiger partial charge is 0.307 e. The van der Waals surface area contributed by atoms with Gasteiger partial charge in [0.2, 0.25) is 0 Å². The highest BCUT2D eigenvalue weighted by atomic mass is 19.1. The zero-order chi connectivity index (χ0) is 12.1. The second-order valence-corrected chi connectivity index (χ2v) is 3.45. The van der Waals surface area contributed by atoms with Gasteiger partial charge < -0.3 is 5.32 Å². The molecule has 0 saturated heterocycles. The van der Waals surface area contributed by atoms with E-state index in [0.29, 0.717) is 18.7 Å². The first-order valence-corrected chi connectivity index (χ1v) is 5.10. The number of benzene rings is 1. The molecule has 0 aromatic heterocycles. The van der Waals surface area contributed by atoms with Gasteiger partial charge in [0.05, 0.1) is 6.04 Å². The van der Waals surface area contributed by atoms with Gasteiger partial charge in [0.25, 0.3) is 0 Å². The predicted octanol–water partition coefficient (Wildman–Crippen LogP) is 3.33. The van der Waals surface area contributed by atoms with Crippen LogP contribution in [0.2, 0.25) is 0 Å². The lowest BCUT2D eigenvalue weighted by atomic mass is 10.1. The maximum Gasteiger partial charge on any atom is 0.134 e. The fourth-order valence-electron chi connectivity index (χ4n) is 1.45. The lowest BCUT2D eigenvalue weighted by Crippen LogP contribution is -2.22. The van der Waals surface area contributed by atoms with Gasteiger partial charge in [-0.2, -0.15) is 0 Å². The summed E-state index contributed by atoms with van der Waals surface area (Å²) in [5.41, 5.74) is -0.190. The number of halogens is 3. The van der Waals surface area contributed by atoms with Crippen molar-refractivity contribution in [1.82, 2.24) is 5.32 Å². The van der Waals surface area contributed by atoms with Gasteiger partial charge in [0.15, 0.2) is 0 Å². The van der Waals surface area contributed by atoms with Gasteiger partial charge in [0.1, 0.15) is 17.5 Å². The van der Waals surface area contributed by atoms with Gasteiger partial charge >= 0.3 is 0 Å². The van der Waals surface area contributed by atoms with Crippen molar-refractivity contribution in [2.45, 2.75) is 19.4 Å². The SMILES string of the molecule is C=CC(NCCC)c1c(F)cc(F)cc1F. The molecule has 0 radical (unpaired) electrons. The molecule has 1 nitrogen and oxygen atoms in total. The lowest BCUT2D eigenvalue weighted by Gasteiger charge is -2.16. The molecular formula is C12H14F3N. The summed E-state index contributed by atoms with van der Waals surface area (Å²) >= 11 is 0. The third-order valence-corrected chi connectivity index (χ3v) is 2.20. The molecule has 0 heterocycles. The van der Waals surface area contributed by atoms with Crippen molar-refractivity contribution in [1.29, 1.82) is 0 Å². The second kappa shape index (κ2) is 5.70. The van der Waals surface area contributed by atoms with E-state index in [1.807, 2.05) is 6.92 Å². The highest BCUT2D eigenvalue weighted by molar-refractivity contribution is 5.27. The van der Waals surface area contributed by atoms with Crippen LogP contribution in [0, 0.1) is 17.5 Å². The number of nitrogens with one attached hydrogen (secondary N) is 1. The van der Waals surface area contributed by atoms with Crippen molar-refractivity contribution in [2.75, 3.05) is 6.54 Å². The first-order valence-electron chi connectivity index (χ1n) is 5.10. The van der Waals surface area contributed by atoms with Crippen molar-refractivity contribution < 1.29 is 13.2 Å². The minimum absolute atomic E-state index is 0.190. The summed E-state index contributed by atoms with van der Waals surface area (Å²) < 4.78 is 39.5. The molecule has 0 fully saturated rings. The molecule has 16 heavy (non-hydrogen) atoms. The summed E-state index contributed by atoms with van der Waals surface area (Å²) in [5.74, 6) is -2.71. The van der Waals surface area contributed by atoms with Crippen LogP contribution in [0.1, 0.15) is 24.9 Å². The Morgan fingerprint density at radius 3 is 2.31 bits per heavy atom. The quantitative estimate of drug-likeness (QED) is 0.763. The van der Waals surface area contributed by atoms with E-state index in [1.165, 1.54) is 6.08 Å².